The molecule has 0 aliphatic carbocycles. The van der Waals surface area contributed by atoms with Gasteiger partial charge < -0.3 is 4.42 Å². The van der Waals surface area contributed by atoms with Crippen LogP contribution in [0.1, 0.15) is 0 Å². The highest BCUT2D eigenvalue weighted by atomic mass is 16.3. The minimum absolute atomic E-state index is 0.827. The van der Waals surface area contributed by atoms with Gasteiger partial charge in [0.15, 0.2) is 0 Å². The van der Waals surface area contributed by atoms with Gasteiger partial charge in [-0.2, -0.15) is 0 Å². The number of hydrogen-bond acceptors (Lipinski definition) is 3. The molecule has 0 bridgehead atoms. The Labute approximate surface area is 234 Å². The van der Waals surface area contributed by atoms with Crippen molar-refractivity contribution in [2.75, 3.05) is 0 Å². The van der Waals surface area contributed by atoms with E-state index in [-0.39, 0.29) is 0 Å². The fraction of sp³-hybridized carbons (Fsp3) is 0. The summed E-state index contributed by atoms with van der Waals surface area (Å²) in [6.07, 6.45) is 0. The van der Waals surface area contributed by atoms with Crippen molar-refractivity contribution in [1.82, 2.24) is 18.9 Å². The zero-order chi connectivity index (χ0) is 26.9. The minimum Gasteiger partial charge on any atom is -0.455 e. The molecular weight excluding hydrogens is 504 g/mol. The lowest BCUT2D eigenvalue weighted by molar-refractivity contribution is 0.669. The average molecular weight is 527 g/mol. The molecule has 4 aromatic heterocycles. The molecule has 0 atom stereocenters. The number of nitrogens with zero attached hydrogens (tertiary/aromatic N) is 4. The topological polar surface area (TPSA) is 48.3 Å². The van der Waals surface area contributed by atoms with Gasteiger partial charge in [0.05, 0.1) is 39.1 Å². The number of fused-ring (bicyclic) bond motifs is 8. The Balaban J connectivity index is 1.40. The van der Waals surface area contributed by atoms with Crippen LogP contribution in [-0.2, 0) is 0 Å². The summed E-state index contributed by atoms with van der Waals surface area (Å²) >= 11 is 0. The predicted octanol–water partition coefficient (Wildman–Crippen LogP) is 9.06. The summed E-state index contributed by atoms with van der Waals surface area (Å²) in [6, 6.07) is 45.9. The van der Waals surface area contributed by atoms with Crippen LogP contribution in [0.25, 0.3) is 78.0 Å². The smallest absolute Gasteiger partial charge is 0.220 e. The molecule has 0 aliphatic rings. The molecule has 0 unspecified atom stereocenters. The van der Waals surface area contributed by atoms with Crippen molar-refractivity contribution in [2.45, 2.75) is 0 Å². The SMILES string of the molecule is c1ccc(-c2cccc(-c3cc(-n4c5ccccc5n5c6ccccc6nc45)cc4c3oc3ccccc34)n2)cc1. The monoisotopic (exact) mass is 526 g/mol. The molecule has 9 aromatic rings. The van der Waals surface area contributed by atoms with Crippen LogP contribution >= 0.6 is 0 Å². The van der Waals surface area contributed by atoms with Gasteiger partial charge in [-0.1, -0.05) is 78.9 Å². The highest BCUT2D eigenvalue weighted by Gasteiger charge is 2.21. The zero-order valence-corrected chi connectivity index (χ0v) is 21.9. The van der Waals surface area contributed by atoms with E-state index in [0.717, 1.165) is 78.0 Å². The van der Waals surface area contributed by atoms with Crippen LogP contribution in [0.2, 0.25) is 0 Å². The molecule has 4 heterocycles. The Morgan fingerprint density at radius 1 is 0.537 bits per heavy atom. The normalized spacial score (nSPS) is 11.9. The molecule has 5 nitrogen and oxygen atoms in total. The number of imidazole rings is 2. The van der Waals surface area contributed by atoms with Crippen molar-refractivity contribution >= 4 is 49.8 Å². The van der Waals surface area contributed by atoms with Crippen LogP contribution in [0.15, 0.2) is 138 Å². The number of rotatable bonds is 3. The standard InChI is InChI=1S/C36H22N4O/c1-2-11-23(12-3-1)28-15-10-16-29(37-28)27-22-24(21-26-25-13-4-9-20-34(25)41-35(26)27)39-32-18-7-8-19-33(32)40-31-17-6-5-14-30(31)38-36(39)40/h1-22H. The third-order valence-corrected chi connectivity index (χ3v) is 7.92. The molecule has 0 aliphatic heterocycles. The lowest BCUT2D eigenvalue weighted by Crippen LogP contribution is -1.97. The first kappa shape index (κ1) is 22.2. The van der Waals surface area contributed by atoms with Crippen LogP contribution in [0, 0.1) is 0 Å². The molecule has 41 heavy (non-hydrogen) atoms. The van der Waals surface area contributed by atoms with E-state index in [4.69, 9.17) is 14.4 Å². The van der Waals surface area contributed by atoms with E-state index in [1.54, 1.807) is 0 Å². The van der Waals surface area contributed by atoms with Crippen LogP contribution in [0.5, 0.6) is 0 Å². The maximum atomic E-state index is 6.51. The van der Waals surface area contributed by atoms with Crippen molar-refractivity contribution in [1.29, 1.82) is 0 Å². The van der Waals surface area contributed by atoms with Crippen molar-refractivity contribution in [2.24, 2.45) is 0 Å². The number of para-hydroxylation sites is 5. The lowest BCUT2D eigenvalue weighted by Gasteiger charge is -2.11. The van der Waals surface area contributed by atoms with Gasteiger partial charge in [-0.25, -0.2) is 9.97 Å². The highest BCUT2D eigenvalue weighted by Crippen LogP contribution is 2.39. The van der Waals surface area contributed by atoms with E-state index in [9.17, 15) is 0 Å². The first-order chi connectivity index (χ1) is 20.3. The van der Waals surface area contributed by atoms with E-state index in [1.165, 1.54) is 0 Å². The number of hydrogen-bond donors (Lipinski definition) is 0. The van der Waals surface area contributed by atoms with E-state index >= 15 is 0 Å². The molecule has 0 spiro atoms. The second-order valence-corrected chi connectivity index (χ2v) is 10.3. The molecule has 0 fully saturated rings. The molecule has 5 aromatic carbocycles. The van der Waals surface area contributed by atoms with E-state index in [1.807, 2.05) is 36.4 Å². The van der Waals surface area contributed by atoms with Gasteiger partial charge in [0, 0.05) is 21.9 Å². The number of benzene rings is 5. The maximum Gasteiger partial charge on any atom is 0.220 e. The summed E-state index contributed by atoms with van der Waals surface area (Å²) in [5.74, 6) is 0.872. The molecule has 0 saturated heterocycles. The Kier molecular flexibility index (Phi) is 4.55. The maximum absolute atomic E-state index is 6.51. The third-order valence-electron chi connectivity index (χ3n) is 7.92. The van der Waals surface area contributed by atoms with Crippen molar-refractivity contribution in [3.05, 3.63) is 133 Å². The molecule has 0 amide bonds. The molecule has 0 N–H and O–H groups in total. The second kappa shape index (κ2) is 8.41. The predicted molar refractivity (Wildman–Crippen MR) is 165 cm³/mol. The zero-order valence-electron chi connectivity index (χ0n) is 21.9. The number of furan rings is 1. The Morgan fingerprint density at radius 3 is 2.17 bits per heavy atom. The minimum atomic E-state index is 0.827. The first-order valence-electron chi connectivity index (χ1n) is 13.7. The largest absolute Gasteiger partial charge is 0.455 e. The summed E-state index contributed by atoms with van der Waals surface area (Å²) in [7, 11) is 0. The molecule has 192 valence electrons. The van der Waals surface area contributed by atoms with Crippen LogP contribution in [0.3, 0.4) is 0 Å². The van der Waals surface area contributed by atoms with Gasteiger partial charge in [0.1, 0.15) is 11.2 Å². The van der Waals surface area contributed by atoms with Gasteiger partial charge in [-0.3, -0.25) is 8.97 Å². The first-order valence-corrected chi connectivity index (χ1v) is 13.7. The van der Waals surface area contributed by atoms with Gasteiger partial charge in [-0.15, -0.1) is 0 Å². The molecule has 0 saturated carbocycles. The van der Waals surface area contributed by atoms with Crippen LogP contribution < -0.4 is 0 Å². The van der Waals surface area contributed by atoms with Crippen molar-refractivity contribution in [3.8, 4) is 28.2 Å². The highest BCUT2D eigenvalue weighted by molar-refractivity contribution is 6.10. The Morgan fingerprint density at radius 2 is 1.27 bits per heavy atom. The van der Waals surface area contributed by atoms with E-state index in [0.29, 0.717) is 0 Å². The molecule has 9 rings (SSSR count). The summed E-state index contributed by atoms with van der Waals surface area (Å²) in [4.78, 5) is 10.2. The molecule has 0 radical (unpaired) electrons. The van der Waals surface area contributed by atoms with Crippen molar-refractivity contribution in [3.63, 3.8) is 0 Å². The second-order valence-electron chi connectivity index (χ2n) is 10.3. The molecule has 5 heteroatoms. The fourth-order valence-electron chi connectivity index (χ4n) is 6.09. The van der Waals surface area contributed by atoms with E-state index in [2.05, 4.69) is 106 Å². The van der Waals surface area contributed by atoms with Gasteiger partial charge >= 0.3 is 0 Å². The fourth-order valence-corrected chi connectivity index (χ4v) is 6.09. The summed E-state index contributed by atoms with van der Waals surface area (Å²) in [5.41, 5.74) is 10.7. The lowest BCUT2D eigenvalue weighted by atomic mass is 10.0. The Bertz CT molecular complexity index is 2430. The van der Waals surface area contributed by atoms with Gasteiger partial charge in [-0.05, 0) is 54.6 Å². The number of pyridine rings is 1. The van der Waals surface area contributed by atoms with Gasteiger partial charge in [0.2, 0.25) is 5.78 Å². The van der Waals surface area contributed by atoms with Crippen LogP contribution in [-0.4, -0.2) is 18.9 Å². The van der Waals surface area contributed by atoms with Crippen molar-refractivity contribution < 1.29 is 4.42 Å². The Hall–Kier alpha value is -5.68. The third kappa shape index (κ3) is 3.23. The average Bonchev–Trinajstić information content (AvgIpc) is 3.70. The summed E-state index contributed by atoms with van der Waals surface area (Å²) < 4.78 is 11.0. The van der Waals surface area contributed by atoms with E-state index < -0.39 is 0 Å². The quantitative estimate of drug-likeness (QED) is 0.231. The number of aromatic nitrogens is 4. The van der Waals surface area contributed by atoms with Crippen LogP contribution in [0.4, 0.5) is 0 Å². The van der Waals surface area contributed by atoms with Gasteiger partial charge in [0.25, 0.3) is 0 Å². The summed E-state index contributed by atoms with van der Waals surface area (Å²) in [5, 5.41) is 2.12. The molecular formula is C36H22N4O. The summed E-state index contributed by atoms with van der Waals surface area (Å²) in [6.45, 7) is 0.